The highest BCUT2D eigenvalue weighted by atomic mass is 16.5. The zero-order valence-corrected chi connectivity index (χ0v) is 21.7. The molecule has 0 saturated heterocycles. The SMILES string of the molecule is O=c1cc(Cc2ccc(Oc3ccc(Nc4ncnc5onc(-c6ccccc6)c45)cc3)cc2)c2ccccc2o1. The Balaban J connectivity index is 1.06. The Morgan fingerprint density at radius 1 is 0.780 bits per heavy atom. The number of hydrogen-bond acceptors (Lipinski definition) is 8. The van der Waals surface area contributed by atoms with Crippen LogP contribution in [0.2, 0.25) is 0 Å². The van der Waals surface area contributed by atoms with Crippen molar-refractivity contribution in [3.63, 3.8) is 0 Å². The number of para-hydroxylation sites is 1. The van der Waals surface area contributed by atoms with E-state index in [0.717, 1.165) is 27.8 Å². The summed E-state index contributed by atoms with van der Waals surface area (Å²) in [5, 5.41) is 9.21. The molecule has 8 heteroatoms. The Morgan fingerprint density at radius 2 is 1.51 bits per heavy atom. The maximum Gasteiger partial charge on any atom is 0.336 e. The molecule has 0 saturated carbocycles. The van der Waals surface area contributed by atoms with Gasteiger partial charge in [-0.05, 0) is 60.0 Å². The van der Waals surface area contributed by atoms with Gasteiger partial charge in [-0.3, -0.25) is 0 Å². The number of hydrogen-bond donors (Lipinski definition) is 1. The average Bonchev–Trinajstić information content (AvgIpc) is 3.45. The quantitative estimate of drug-likeness (QED) is 0.208. The van der Waals surface area contributed by atoms with Gasteiger partial charge in [-0.1, -0.05) is 65.8 Å². The Bertz CT molecular complexity index is 2030. The van der Waals surface area contributed by atoms with Gasteiger partial charge < -0.3 is 19.0 Å². The summed E-state index contributed by atoms with van der Waals surface area (Å²) in [6.45, 7) is 0. The van der Waals surface area contributed by atoms with Gasteiger partial charge in [-0.25, -0.2) is 9.78 Å². The maximum atomic E-state index is 12.0. The van der Waals surface area contributed by atoms with E-state index >= 15 is 0 Å². The van der Waals surface area contributed by atoms with Gasteiger partial charge in [0.25, 0.3) is 5.71 Å². The fraction of sp³-hybridized carbons (Fsp3) is 0.0303. The topological polar surface area (TPSA) is 103 Å². The number of nitrogens with zero attached hydrogens (tertiary/aromatic N) is 3. The van der Waals surface area contributed by atoms with E-state index in [9.17, 15) is 4.79 Å². The minimum Gasteiger partial charge on any atom is -0.457 e. The van der Waals surface area contributed by atoms with Crippen molar-refractivity contribution in [1.82, 2.24) is 15.1 Å². The van der Waals surface area contributed by atoms with E-state index < -0.39 is 0 Å². The summed E-state index contributed by atoms with van der Waals surface area (Å²) in [5.41, 5.74) is 5.07. The van der Waals surface area contributed by atoms with E-state index in [1.165, 1.54) is 6.33 Å². The molecule has 8 nitrogen and oxygen atoms in total. The first-order valence-electron chi connectivity index (χ1n) is 13.0. The summed E-state index contributed by atoms with van der Waals surface area (Å²) < 4.78 is 16.8. The highest BCUT2D eigenvalue weighted by Gasteiger charge is 2.17. The fourth-order valence-electron chi connectivity index (χ4n) is 4.77. The first-order valence-corrected chi connectivity index (χ1v) is 13.0. The molecule has 0 aliphatic rings. The molecule has 0 amide bonds. The van der Waals surface area contributed by atoms with Gasteiger partial charge in [0.2, 0.25) is 0 Å². The number of rotatable bonds is 7. The van der Waals surface area contributed by atoms with Crippen LogP contribution in [0, 0.1) is 0 Å². The molecule has 198 valence electrons. The molecule has 0 aliphatic carbocycles. The van der Waals surface area contributed by atoms with E-state index in [1.807, 2.05) is 103 Å². The van der Waals surface area contributed by atoms with Gasteiger partial charge in [-0.15, -0.1) is 0 Å². The number of nitrogens with one attached hydrogen (secondary N) is 1. The van der Waals surface area contributed by atoms with Crippen LogP contribution in [0.15, 0.2) is 129 Å². The number of benzene rings is 4. The standard InChI is InChI=1S/C33H22N4O4/c38-29-19-23(27-8-4-5-9-28(27)40-29)18-21-10-14-25(15-11-21)39-26-16-12-24(13-17-26)36-32-30-31(22-6-2-1-3-7-22)37-41-33(30)35-20-34-32/h1-17,19-20H,18H2,(H,34,35,36). The lowest BCUT2D eigenvalue weighted by Crippen LogP contribution is -2.01. The summed E-state index contributed by atoms with van der Waals surface area (Å²) in [6.07, 6.45) is 2.06. The first kappa shape index (κ1) is 24.3. The van der Waals surface area contributed by atoms with Crippen LogP contribution in [0.3, 0.4) is 0 Å². The van der Waals surface area contributed by atoms with Crippen LogP contribution in [-0.2, 0) is 6.42 Å². The van der Waals surface area contributed by atoms with Gasteiger partial charge in [0.05, 0.1) is 0 Å². The third kappa shape index (κ3) is 5.02. The number of fused-ring (bicyclic) bond motifs is 2. The molecule has 3 aromatic heterocycles. The van der Waals surface area contributed by atoms with E-state index in [0.29, 0.717) is 46.1 Å². The normalized spacial score (nSPS) is 11.1. The Morgan fingerprint density at radius 3 is 2.32 bits per heavy atom. The molecule has 0 fully saturated rings. The second kappa shape index (κ2) is 10.4. The predicted octanol–water partition coefficient (Wildman–Crippen LogP) is 7.52. The van der Waals surface area contributed by atoms with E-state index in [1.54, 1.807) is 6.07 Å². The summed E-state index contributed by atoms with van der Waals surface area (Å²) >= 11 is 0. The third-order valence-corrected chi connectivity index (χ3v) is 6.73. The minimum atomic E-state index is -0.348. The van der Waals surface area contributed by atoms with Gasteiger partial charge in [0.15, 0.2) is 0 Å². The second-order valence-electron chi connectivity index (χ2n) is 9.46. The van der Waals surface area contributed by atoms with E-state index in [-0.39, 0.29) is 5.63 Å². The van der Waals surface area contributed by atoms with Gasteiger partial charge in [-0.2, -0.15) is 4.98 Å². The predicted molar refractivity (Wildman–Crippen MR) is 157 cm³/mol. The molecule has 0 aliphatic heterocycles. The van der Waals surface area contributed by atoms with Crippen molar-refractivity contribution in [1.29, 1.82) is 0 Å². The summed E-state index contributed by atoms with van der Waals surface area (Å²) in [6, 6.07) is 34.3. The van der Waals surface area contributed by atoms with Crippen molar-refractivity contribution in [3.05, 3.63) is 137 Å². The molecule has 0 radical (unpaired) electrons. The highest BCUT2D eigenvalue weighted by molar-refractivity contribution is 5.98. The Hall–Kier alpha value is -5.76. The Kier molecular flexibility index (Phi) is 6.18. The maximum absolute atomic E-state index is 12.0. The van der Waals surface area contributed by atoms with Crippen molar-refractivity contribution in [2.45, 2.75) is 6.42 Å². The number of aromatic nitrogens is 3. The van der Waals surface area contributed by atoms with Crippen LogP contribution in [0.4, 0.5) is 11.5 Å². The lowest BCUT2D eigenvalue weighted by Gasteiger charge is -2.10. The zero-order valence-electron chi connectivity index (χ0n) is 21.7. The lowest BCUT2D eigenvalue weighted by molar-refractivity contribution is 0.451. The van der Waals surface area contributed by atoms with Crippen molar-refractivity contribution in [2.24, 2.45) is 0 Å². The largest absolute Gasteiger partial charge is 0.457 e. The molecule has 0 atom stereocenters. The van der Waals surface area contributed by atoms with Gasteiger partial charge in [0.1, 0.15) is 40.3 Å². The van der Waals surface area contributed by atoms with Crippen molar-refractivity contribution in [2.75, 3.05) is 5.32 Å². The van der Waals surface area contributed by atoms with E-state index in [2.05, 4.69) is 20.4 Å². The van der Waals surface area contributed by atoms with Crippen LogP contribution < -0.4 is 15.7 Å². The first-order chi connectivity index (χ1) is 20.2. The van der Waals surface area contributed by atoms with E-state index in [4.69, 9.17) is 13.7 Å². The van der Waals surface area contributed by atoms with Crippen molar-refractivity contribution in [3.8, 4) is 22.8 Å². The molecule has 7 rings (SSSR count). The van der Waals surface area contributed by atoms with Crippen LogP contribution in [0.25, 0.3) is 33.3 Å². The summed E-state index contributed by atoms with van der Waals surface area (Å²) in [7, 11) is 0. The summed E-state index contributed by atoms with van der Waals surface area (Å²) in [4.78, 5) is 20.6. The molecule has 41 heavy (non-hydrogen) atoms. The smallest absolute Gasteiger partial charge is 0.336 e. The third-order valence-electron chi connectivity index (χ3n) is 6.73. The molecule has 1 N–H and O–H groups in total. The molecular weight excluding hydrogens is 516 g/mol. The van der Waals surface area contributed by atoms with Crippen molar-refractivity contribution >= 4 is 33.6 Å². The molecule has 0 unspecified atom stereocenters. The average molecular weight is 539 g/mol. The van der Waals surface area contributed by atoms with Crippen LogP contribution in [0.1, 0.15) is 11.1 Å². The highest BCUT2D eigenvalue weighted by Crippen LogP contribution is 2.33. The van der Waals surface area contributed by atoms with Gasteiger partial charge in [0, 0.05) is 22.7 Å². The molecular formula is C33H22N4O4. The fourth-order valence-corrected chi connectivity index (χ4v) is 4.77. The molecule has 4 aromatic carbocycles. The zero-order chi connectivity index (χ0) is 27.6. The Labute approximate surface area is 233 Å². The molecule has 0 bridgehead atoms. The second-order valence-corrected chi connectivity index (χ2v) is 9.46. The number of ether oxygens (including phenoxy) is 1. The minimum absolute atomic E-state index is 0.348. The van der Waals surface area contributed by atoms with Crippen molar-refractivity contribution < 1.29 is 13.7 Å². The molecule has 0 spiro atoms. The lowest BCUT2D eigenvalue weighted by atomic mass is 10.0. The molecule has 7 aromatic rings. The number of anilines is 2. The molecule has 3 heterocycles. The van der Waals surface area contributed by atoms with Crippen LogP contribution >= 0.6 is 0 Å². The van der Waals surface area contributed by atoms with Crippen LogP contribution in [0.5, 0.6) is 11.5 Å². The van der Waals surface area contributed by atoms with Crippen LogP contribution in [-0.4, -0.2) is 15.1 Å². The monoisotopic (exact) mass is 538 g/mol. The van der Waals surface area contributed by atoms with Gasteiger partial charge >= 0.3 is 5.63 Å². The summed E-state index contributed by atoms with van der Waals surface area (Å²) in [5.74, 6) is 2.00.